The van der Waals surface area contributed by atoms with E-state index in [4.69, 9.17) is 9.84 Å². The number of methoxy groups -OCH3 is 1. The van der Waals surface area contributed by atoms with Gasteiger partial charge in [0.1, 0.15) is 5.75 Å². The molecular formula is C15H22N2O4. The van der Waals surface area contributed by atoms with E-state index in [1.54, 1.807) is 19.2 Å². The van der Waals surface area contributed by atoms with Gasteiger partial charge in [0.25, 0.3) is 0 Å². The summed E-state index contributed by atoms with van der Waals surface area (Å²) in [7, 11) is 1.59. The molecule has 0 bridgehead atoms. The molecule has 0 atom stereocenters. The van der Waals surface area contributed by atoms with Crippen LogP contribution in [0.15, 0.2) is 18.2 Å². The zero-order chi connectivity index (χ0) is 16.0. The maximum Gasteiger partial charge on any atom is 0.322 e. The van der Waals surface area contributed by atoms with Gasteiger partial charge in [-0.3, -0.25) is 4.79 Å². The molecule has 0 aliphatic heterocycles. The second-order valence-corrected chi connectivity index (χ2v) is 5.05. The summed E-state index contributed by atoms with van der Waals surface area (Å²) >= 11 is 0. The second kappa shape index (κ2) is 7.52. The lowest BCUT2D eigenvalue weighted by atomic mass is 10.2. The smallest absolute Gasteiger partial charge is 0.322 e. The van der Waals surface area contributed by atoms with Gasteiger partial charge in [-0.15, -0.1) is 0 Å². The van der Waals surface area contributed by atoms with Crippen LogP contribution in [-0.4, -0.2) is 41.7 Å². The fraction of sp³-hybridized carbons (Fsp3) is 0.467. The third kappa shape index (κ3) is 4.98. The minimum absolute atomic E-state index is 0.0762. The van der Waals surface area contributed by atoms with E-state index in [2.05, 4.69) is 5.32 Å². The molecular weight excluding hydrogens is 272 g/mol. The average molecular weight is 294 g/mol. The molecule has 0 fully saturated rings. The molecule has 1 aromatic carbocycles. The highest BCUT2D eigenvalue weighted by atomic mass is 16.5. The Hall–Kier alpha value is -2.24. The van der Waals surface area contributed by atoms with Crippen molar-refractivity contribution < 1.29 is 19.4 Å². The molecule has 0 saturated heterocycles. The molecule has 116 valence electrons. The van der Waals surface area contributed by atoms with E-state index in [0.717, 1.165) is 11.3 Å². The van der Waals surface area contributed by atoms with Crippen LogP contribution in [0.1, 0.15) is 25.8 Å². The number of carboxylic acids is 1. The quantitative estimate of drug-likeness (QED) is 0.845. The molecule has 1 aromatic rings. The summed E-state index contributed by atoms with van der Waals surface area (Å²) in [5.74, 6) is -0.173. The Morgan fingerprint density at radius 3 is 2.52 bits per heavy atom. The summed E-state index contributed by atoms with van der Waals surface area (Å²) in [6.45, 7) is 5.76. The van der Waals surface area contributed by atoms with Crippen molar-refractivity contribution in [3.63, 3.8) is 0 Å². The molecule has 2 N–H and O–H groups in total. The fourth-order valence-electron chi connectivity index (χ4n) is 1.96. The summed E-state index contributed by atoms with van der Waals surface area (Å²) in [5, 5.41) is 11.5. The lowest BCUT2D eigenvalue weighted by Crippen LogP contribution is -2.41. The number of carbonyl (C=O) groups excluding carboxylic acids is 1. The van der Waals surface area contributed by atoms with Gasteiger partial charge in [-0.25, -0.2) is 4.79 Å². The van der Waals surface area contributed by atoms with Crippen molar-refractivity contribution in [1.29, 1.82) is 0 Å². The second-order valence-electron chi connectivity index (χ2n) is 5.05. The first kappa shape index (κ1) is 16.8. The van der Waals surface area contributed by atoms with Crippen molar-refractivity contribution in [2.24, 2.45) is 0 Å². The van der Waals surface area contributed by atoms with Gasteiger partial charge in [-0.2, -0.15) is 0 Å². The zero-order valence-corrected chi connectivity index (χ0v) is 12.8. The average Bonchev–Trinajstić information content (AvgIpc) is 2.38. The molecule has 0 heterocycles. The van der Waals surface area contributed by atoms with E-state index in [-0.39, 0.29) is 25.0 Å². The zero-order valence-electron chi connectivity index (χ0n) is 12.8. The number of nitrogens with one attached hydrogen (secondary N) is 1. The van der Waals surface area contributed by atoms with Crippen LogP contribution in [0.2, 0.25) is 0 Å². The van der Waals surface area contributed by atoms with Crippen LogP contribution in [0.4, 0.5) is 10.5 Å². The van der Waals surface area contributed by atoms with Gasteiger partial charge < -0.3 is 20.1 Å². The van der Waals surface area contributed by atoms with Crippen LogP contribution in [0.3, 0.4) is 0 Å². The predicted octanol–water partition coefficient (Wildman–Crippen LogP) is 2.72. The molecule has 6 heteroatoms. The number of carboxylic acid groups (broad SMARTS) is 1. The lowest BCUT2D eigenvalue weighted by Gasteiger charge is -2.26. The van der Waals surface area contributed by atoms with Crippen molar-refractivity contribution >= 4 is 17.7 Å². The molecule has 0 unspecified atom stereocenters. The van der Waals surface area contributed by atoms with E-state index < -0.39 is 5.97 Å². The third-order valence-electron chi connectivity index (χ3n) is 3.10. The lowest BCUT2D eigenvalue weighted by molar-refractivity contribution is -0.137. The number of rotatable bonds is 6. The van der Waals surface area contributed by atoms with Gasteiger partial charge in [0, 0.05) is 18.3 Å². The molecule has 0 aliphatic rings. The minimum Gasteiger partial charge on any atom is -0.496 e. The number of anilines is 1. The van der Waals surface area contributed by atoms with E-state index in [1.165, 1.54) is 4.90 Å². The number of ether oxygens (including phenoxy) is 1. The number of nitrogens with zero attached hydrogens (tertiary/aromatic N) is 1. The van der Waals surface area contributed by atoms with Crippen LogP contribution in [0.25, 0.3) is 0 Å². The van der Waals surface area contributed by atoms with E-state index in [0.29, 0.717) is 5.69 Å². The third-order valence-corrected chi connectivity index (χ3v) is 3.10. The van der Waals surface area contributed by atoms with Crippen molar-refractivity contribution in [3.8, 4) is 5.75 Å². The van der Waals surface area contributed by atoms with Gasteiger partial charge in [-0.1, -0.05) is 0 Å². The van der Waals surface area contributed by atoms with Gasteiger partial charge in [-0.05, 0) is 44.5 Å². The number of aliphatic carboxylic acids is 1. The molecule has 0 saturated carbocycles. The molecule has 0 aliphatic carbocycles. The predicted molar refractivity (Wildman–Crippen MR) is 80.8 cm³/mol. The maximum absolute atomic E-state index is 12.2. The van der Waals surface area contributed by atoms with Crippen LogP contribution < -0.4 is 10.1 Å². The Kier molecular flexibility index (Phi) is 6.02. The Bertz CT molecular complexity index is 514. The van der Waals surface area contributed by atoms with E-state index >= 15 is 0 Å². The van der Waals surface area contributed by atoms with Crippen molar-refractivity contribution in [1.82, 2.24) is 4.90 Å². The van der Waals surface area contributed by atoms with Gasteiger partial charge in [0.2, 0.25) is 0 Å². The van der Waals surface area contributed by atoms with E-state index in [1.807, 2.05) is 26.8 Å². The maximum atomic E-state index is 12.2. The van der Waals surface area contributed by atoms with Crippen LogP contribution in [0.5, 0.6) is 5.75 Å². The highest BCUT2D eigenvalue weighted by Gasteiger charge is 2.18. The topological polar surface area (TPSA) is 78.9 Å². The highest BCUT2D eigenvalue weighted by molar-refractivity contribution is 5.90. The van der Waals surface area contributed by atoms with Crippen LogP contribution in [0, 0.1) is 6.92 Å². The number of benzene rings is 1. The molecule has 0 aromatic heterocycles. The number of urea groups is 1. The number of aryl methyl sites for hydroxylation is 1. The molecule has 2 amide bonds. The Balaban J connectivity index is 2.76. The first-order valence-corrected chi connectivity index (χ1v) is 6.79. The normalized spacial score (nSPS) is 10.3. The highest BCUT2D eigenvalue weighted by Crippen LogP contribution is 2.21. The van der Waals surface area contributed by atoms with Crippen LogP contribution >= 0.6 is 0 Å². The minimum atomic E-state index is -0.922. The van der Waals surface area contributed by atoms with Crippen molar-refractivity contribution in [2.75, 3.05) is 19.0 Å². The molecule has 0 spiro atoms. The summed E-state index contributed by atoms with van der Waals surface area (Å²) in [6, 6.07) is 4.95. The first-order chi connectivity index (χ1) is 9.85. The summed E-state index contributed by atoms with van der Waals surface area (Å²) in [6.07, 6.45) is -0.0762. The standard InChI is InChI=1S/C15H22N2O4/c1-10(2)17(8-7-14(18)19)15(20)16-12-5-6-13(21-4)11(3)9-12/h5-6,9-10H,7-8H2,1-4H3,(H,16,20)(H,18,19). The number of carbonyl (C=O) groups is 2. The summed E-state index contributed by atoms with van der Waals surface area (Å²) < 4.78 is 5.17. The molecule has 1 rings (SSSR count). The summed E-state index contributed by atoms with van der Waals surface area (Å²) in [4.78, 5) is 24.4. The Labute approximate surface area is 124 Å². The van der Waals surface area contributed by atoms with E-state index in [9.17, 15) is 9.59 Å². The molecule has 0 radical (unpaired) electrons. The SMILES string of the molecule is COc1ccc(NC(=O)N(CCC(=O)O)C(C)C)cc1C. The van der Waals surface area contributed by atoms with Gasteiger partial charge in [0.15, 0.2) is 0 Å². The Morgan fingerprint density at radius 2 is 2.05 bits per heavy atom. The monoisotopic (exact) mass is 294 g/mol. The number of hydrogen-bond donors (Lipinski definition) is 2. The first-order valence-electron chi connectivity index (χ1n) is 6.79. The van der Waals surface area contributed by atoms with Crippen LogP contribution in [-0.2, 0) is 4.79 Å². The summed E-state index contributed by atoms with van der Waals surface area (Å²) in [5.41, 5.74) is 1.57. The van der Waals surface area contributed by atoms with Gasteiger partial charge in [0.05, 0.1) is 13.5 Å². The van der Waals surface area contributed by atoms with Gasteiger partial charge >= 0.3 is 12.0 Å². The van der Waals surface area contributed by atoms with Crippen molar-refractivity contribution in [3.05, 3.63) is 23.8 Å². The molecule has 6 nitrogen and oxygen atoms in total. The largest absolute Gasteiger partial charge is 0.496 e. The van der Waals surface area contributed by atoms with Crippen molar-refractivity contribution in [2.45, 2.75) is 33.2 Å². The fourth-order valence-corrected chi connectivity index (χ4v) is 1.96. The molecule has 21 heavy (non-hydrogen) atoms. The Morgan fingerprint density at radius 1 is 1.38 bits per heavy atom. The number of amides is 2. The number of hydrogen-bond acceptors (Lipinski definition) is 3.